The van der Waals surface area contributed by atoms with Crippen LogP contribution in [0.1, 0.15) is 42.1 Å². The van der Waals surface area contributed by atoms with Gasteiger partial charge in [-0.05, 0) is 68.0 Å². The fourth-order valence-corrected chi connectivity index (χ4v) is 5.36. The van der Waals surface area contributed by atoms with Gasteiger partial charge in [0.1, 0.15) is 17.5 Å². The highest BCUT2D eigenvalue weighted by atomic mass is 32.1. The average molecular weight is 462 g/mol. The number of hydrogen-bond acceptors (Lipinski definition) is 4. The molecule has 1 saturated carbocycles. The van der Waals surface area contributed by atoms with E-state index in [-0.39, 0.29) is 23.1 Å². The molecule has 0 aromatic carbocycles. The molecule has 2 aliphatic rings. The lowest BCUT2D eigenvalue weighted by molar-refractivity contribution is 0.369. The van der Waals surface area contributed by atoms with Gasteiger partial charge >= 0.3 is 0 Å². The van der Waals surface area contributed by atoms with Crippen molar-refractivity contribution < 1.29 is 8.78 Å². The van der Waals surface area contributed by atoms with E-state index in [9.17, 15) is 13.6 Å². The molecule has 7 heteroatoms. The summed E-state index contributed by atoms with van der Waals surface area (Å²) < 4.78 is 31.3. The third kappa shape index (κ3) is 3.42. The maximum absolute atomic E-state index is 14.9. The first-order valence-corrected chi connectivity index (χ1v) is 11.9. The molecular weight excluding hydrogens is 440 g/mol. The normalized spacial score (nSPS) is 18.6. The number of rotatable bonds is 3. The van der Waals surface area contributed by atoms with E-state index in [0.717, 1.165) is 31.9 Å². The second-order valence-electron chi connectivity index (χ2n) is 8.90. The Labute approximate surface area is 192 Å². The molecule has 0 amide bonds. The Morgan fingerprint density at radius 2 is 2.00 bits per heavy atom. The summed E-state index contributed by atoms with van der Waals surface area (Å²) >= 11 is 1.49. The molecule has 0 N–H and O–H groups in total. The number of aromatic nitrogens is 3. The first-order valence-electron chi connectivity index (χ1n) is 11.0. The molecule has 4 nitrogen and oxygen atoms in total. The molecule has 0 bridgehead atoms. The minimum atomic E-state index is -1.35. The molecule has 0 spiro atoms. The zero-order chi connectivity index (χ0) is 22.9. The molecule has 1 unspecified atom stereocenters. The second kappa shape index (κ2) is 7.42. The predicted octanol–water partition coefficient (Wildman–Crippen LogP) is 6.60. The van der Waals surface area contributed by atoms with Gasteiger partial charge in [0.15, 0.2) is 0 Å². The third-order valence-corrected chi connectivity index (χ3v) is 7.60. The molecule has 4 aromatic heterocycles. The molecule has 166 valence electrons. The zero-order valence-corrected chi connectivity index (χ0v) is 19.0. The smallest absolute Gasteiger partial charge is 0.216 e. The van der Waals surface area contributed by atoms with Gasteiger partial charge in [0, 0.05) is 41.0 Å². The van der Waals surface area contributed by atoms with Crippen LogP contribution >= 0.6 is 11.3 Å². The van der Waals surface area contributed by atoms with Crippen LogP contribution in [0.2, 0.25) is 0 Å². The van der Waals surface area contributed by atoms with Crippen molar-refractivity contribution in [3.63, 3.8) is 0 Å². The largest absolute Gasteiger partial charge is 0.312 e. The quantitative estimate of drug-likeness (QED) is 0.345. The topological polar surface area (TPSA) is 47.8 Å². The molecule has 4 heterocycles. The average Bonchev–Trinajstić information content (AvgIpc) is 3.55. The van der Waals surface area contributed by atoms with E-state index < -0.39 is 12.0 Å². The van der Waals surface area contributed by atoms with Crippen molar-refractivity contribution in [2.24, 2.45) is 0 Å². The highest BCUT2D eigenvalue weighted by molar-refractivity contribution is 7.22. The van der Waals surface area contributed by atoms with E-state index in [4.69, 9.17) is 0 Å². The van der Waals surface area contributed by atoms with Crippen molar-refractivity contribution >= 4 is 38.2 Å². The van der Waals surface area contributed by atoms with E-state index in [2.05, 4.69) is 16.0 Å². The molecule has 0 radical (unpaired) electrons. The van der Waals surface area contributed by atoms with Gasteiger partial charge < -0.3 is 4.57 Å². The first-order chi connectivity index (χ1) is 15.9. The van der Waals surface area contributed by atoms with E-state index in [1.807, 2.05) is 32.2 Å². The molecule has 2 aliphatic carbocycles. The number of aryl methyl sites for hydroxylation is 2. The van der Waals surface area contributed by atoms with Gasteiger partial charge in [-0.15, -0.1) is 11.3 Å². The molecule has 33 heavy (non-hydrogen) atoms. The van der Waals surface area contributed by atoms with Crippen LogP contribution in [0.4, 0.5) is 8.78 Å². The van der Waals surface area contributed by atoms with Gasteiger partial charge in [0.05, 0.1) is 21.5 Å². The van der Waals surface area contributed by atoms with Crippen molar-refractivity contribution in [3.8, 4) is 10.4 Å². The Bertz CT molecular complexity index is 1580. The Morgan fingerprint density at radius 1 is 1.18 bits per heavy atom. The number of nitrogens with zero attached hydrogens (tertiary/aromatic N) is 3. The summed E-state index contributed by atoms with van der Waals surface area (Å²) in [5.74, 6) is -0.00728. The van der Waals surface area contributed by atoms with E-state index >= 15 is 0 Å². The summed E-state index contributed by atoms with van der Waals surface area (Å²) in [4.78, 5) is 23.5. The fraction of sp³-hybridized carbons (Fsp3) is 0.269. The number of allylic oxidation sites excluding steroid dienone is 4. The first kappa shape index (κ1) is 20.4. The number of hydrogen-bond donors (Lipinski definition) is 0. The van der Waals surface area contributed by atoms with Gasteiger partial charge in [0.25, 0.3) is 0 Å². The Kier molecular flexibility index (Phi) is 4.59. The third-order valence-electron chi connectivity index (χ3n) is 6.48. The molecule has 6 rings (SSSR count). The predicted molar refractivity (Wildman–Crippen MR) is 129 cm³/mol. The van der Waals surface area contributed by atoms with Crippen LogP contribution in [0.3, 0.4) is 0 Å². The van der Waals surface area contributed by atoms with Crippen LogP contribution in [-0.4, -0.2) is 20.7 Å². The van der Waals surface area contributed by atoms with Crippen molar-refractivity contribution in [2.45, 2.75) is 45.2 Å². The van der Waals surface area contributed by atoms with Crippen LogP contribution in [-0.2, 0) is 0 Å². The Hall–Kier alpha value is -3.19. The zero-order valence-electron chi connectivity index (χ0n) is 18.2. The van der Waals surface area contributed by atoms with Crippen LogP contribution < -0.4 is 5.43 Å². The number of alkyl halides is 1. The van der Waals surface area contributed by atoms with Crippen LogP contribution in [0, 0.1) is 13.8 Å². The molecule has 0 aliphatic heterocycles. The number of fused-ring (bicyclic) bond motifs is 2. The van der Waals surface area contributed by atoms with Crippen molar-refractivity contribution in [1.29, 1.82) is 0 Å². The van der Waals surface area contributed by atoms with Crippen LogP contribution in [0.25, 0.3) is 37.3 Å². The van der Waals surface area contributed by atoms with Gasteiger partial charge in [-0.3, -0.25) is 9.78 Å². The minimum absolute atomic E-state index is 0.199. The highest BCUT2D eigenvalue weighted by Crippen LogP contribution is 2.41. The SMILES string of the molecule is Cc1cc2c(nc1C)c(=O)c(-c1cc3cc(C4CC4)ncc3s1)cn2C1=C(F)CC(F)C=C1. The number of thiophene rings is 1. The summed E-state index contributed by atoms with van der Waals surface area (Å²) in [5, 5.41) is 1.05. The van der Waals surface area contributed by atoms with Crippen LogP contribution in [0.15, 0.2) is 53.4 Å². The Balaban J connectivity index is 1.61. The lowest BCUT2D eigenvalue weighted by Gasteiger charge is -2.19. The molecule has 1 fully saturated rings. The van der Waals surface area contributed by atoms with Gasteiger partial charge in [-0.1, -0.05) is 0 Å². The fourth-order valence-electron chi connectivity index (χ4n) is 4.34. The summed E-state index contributed by atoms with van der Waals surface area (Å²) in [5.41, 5.74) is 4.01. The number of pyridine rings is 3. The standard InChI is InChI=1S/C26H21F2N3OS/c1-13-7-22-25(30-14(13)2)26(32)18(12-31(22)21-6-5-17(27)10-19(21)28)23-9-16-8-20(15-3-4-15)29-11-24(16)33-23/h5-9,11-12,15,17H,3-4,10H2,1-2H3. The monoisotopic (exact) mass is 461 g/mol. The van der Waals surface area contributed by atoms with Crippen molar-refractivity contribution in [1.82, 2.24) is 14.5 Å². The van der Waals surface area contributed by atoms with Crippen LogP contribution in [0.5, 0.6) is 0 Å². The molecular formula is C26H21F2N3OS. The molecule has 1 atom stereocenters. The van der Waals surface area contributed by atoms with Crippen molar-refractivity contribution in [2.75, 3.05) is 0 Å². The maximum atomic E-state index is 14.9. The molecule has 0 saturated heterocycles. The Morgan fingerprint density at radius 3 is 2.76 bits per heavy atom. The second-order valence-corrected chi connectivity index (χ2v) is 9.99. The summed E-state index contributed by atoms with van der Waals surface area (Å²) in [7, 11) is 0. The van der Waals surface area contributed by atoms with E-state index in [1.165, 1.54) is 36.3 Å². The lowest BCUT2D eigenvalue weighted by atomic mass is 10.1. The highest BCUT2D eigenvalue weighted by Gasteiger charge is 2.26. The van der Waals surface area contributed by atoms with Crippen molar-refractivity contribution in [3.05, 3.63) is 75.7 Å². The minimum Gasteiger partial charge on any atom is -0.312 e. The summed E-state index contributed by atoms with van der Waals surface area (Å²) in [6.07, 6.45) is 7.01. The van der Waals surface area contributed by atoms with E-state index in [1.54, 1.807) is 10.8 Å². The summed E-state index contributed by atoms with van der Waals surface area (Å²) in [6.45, 7) is 3.75. The lowest BCUT2D eigenvalue weighted by Crippen LogP contribution is -2.15. The maximum Gasteiger partial charge on any atom is 0.216 e. The van der Waals surface area contributed by atoms with E-state index in [0.29, 0.717) is 17.0 Å². The molecule has 4 aromatic rings. The summed E-state index contributed by atoms with van der Waals surface area (Å²) in [6, 6.07) is 5.95. The number of halogens is 2. The van der Waals surface area contributed by atoms with Gasteiger partial charge in [-0.25, -0.2) is 13.8 Å². The van der Waals surface area contributed by atoms with Gasteiger partial charge in [-0.2, -0.15) is 0 Å². The van der Waals surface area contributed by atoms with Gasteiger partial charge in [0.2, 0.25) is 5.43 Å².